The summed E-state index contributed by atoms with van der Waals surface area (Å²) in [5.41, 5.74) is 1.25. The second kappa shape index (κ2) is 9.30. The van der Waals surface area contributed by atoms with Crippen LogP contribution in [0.1, 0.15) is 33.1 Å². The molecular formula is C23H18F4N2O3S2. The maximum absolute atomic E-state index is 14.0. The molecule has 2 aromatic heterocycles. The van der Waals surface area contributed by atoms with Gasteiger partial charge >= 0.3 is 12.1 Å². The fourth-order valence-corrected chi connectivity index (χ4v) is 5.36. The van der Waals surface area contributed by atoms with E-state index in [1.165, 1.54) is 28.7 Å². The highest BCUT2D eigenvalue weighted by Gasteiger charge is 2.34. The molecule has 0 unspecified atom stereocenters. The summed E-state index contributed by atoms with van der Waals surface area (Å²) in [5.74, 6) is -1.58. The largest absolute Gasteiger partial charge is 0.488 e. The van der Waals surface area contributed by atoms with E-state index in [1.54, 1.807) is 13.0 Å². The molecule has 34 heavy (non-hydrogen) atoms. The molecule has 4 rings (SSSR count). The predicted octanol–water partition coefficient (Wildman–Crippen LogP) is 6.79. The summed E-state index contributed by atoms with van der Waals surface area (Å²) in [4.78, 5) is 20.4. The average Bonchev–Trinajstić information content (AvgIpc) is 3.34. The lowest BCUT2D eigenvalue weighted by atomic mass is 10.1. The third-order valence-corrected chi connectivity index (χ3v) is 7.56. The average molecular weight is 511 g/mol. The SMILES string of the molecule is Cc1nc(-c2ccc(C(F)(F)F)c(F)c2)sc1COc1ccc2nc(CCC(=O)O)sc2c1C. The van der Waals surface area contributed by atoms with Crippen LogP contribution in [-0.4, -0.2) is 21.0 Å². The minimum Gasteiger partial charge on any atom is -0.488 e. The molecule has 0 aliphatic rings. The van der Waals surface area contributed by atoms with Crippen LogP contribution in [0.3, 0.4) is 0 Å². The highest BCUT2D eigenvalue weighted by atomic mass is 32.1. The first-order chi connectivity index (χ1) is 16.0. The zero-order valence-electron chi connectivity index (χ0n) is 18.0. The summed E-state index contributed by atoms with van der Waals surface area (Å²) < 4.78 is 59.3. The van der Waals surface area contributed by atoms with E-state index in [4.69, 9.17) is 9.84 Å². The molecule has 11 heteroatoms. The van der Waals surface area contributed by atoms with Crippen molar-refractivity contribution in [2.45, 2.75) is 39.5 Å². The van der Waals surface area contributed by atoms with Crippen molar-refractivity contribution in [3.05, 3.63) is 62.9 Å². The number of fused-ring (bicyclic) bond motifs is 1. The second-order valence-corrected chi connectivity index (χ2v) is 9.71. The molecule has 2 aromatic carbocycles. The van der Waals surface area contributed by atoms with Gasteiger partial charge in [-0.2, -0.15) is 13.2 Å². The second-order valence-electron chi connectivity index (χ2n) is 7.55. The van der Waals surface area contributed by atoms with Crippen LogP contribution >= 0.6 is 22.7 Å². The molecule has 178 valence electrons. The Labute approximate surface area is 199 Å². The number of rotatable bonds is 7. The van der Waals surface area contributed by atoms with Gasteiger partial charge in [0.15, 0.2) is 0 Å². The predicted molar refractivity (Wildman–Crippen MR) is 122 cm³/mol. The van der Waals surface area contributed by atoms with Crippen molar-refractivity contribution in [1.29, 1.82) is 0 Å². The Morgan fingerprint density at radius 3 is 2.56 bits per heavy atom. The maximum atomic E-state index is 14.0. The number of ether oxygens (including phenoxy) is 1. The summed E-state index contributed by atoms with van der Waals surface area (Å²) >= 11 is 2.66. The van der Waals surface area contributed by atoms with Gasteiger partial charge in [-0.15, -0.1) is 22.7 Å². The van der Waals surface area contributed by atoms with Crippen LogP contribution in [-0.2, 0) is 24.0 Å². The van der Waals surface area contributed by atoms with E-state index in [9.17, 15) is 22.4 Å². The Kier molecular flexibility index (Phi) is 6.59. The smallest absolute Gasteiger partial charge is 0.419 e. The molecule has 0 saturated carbocycles. The number of alkyl halides is 3. The molecular weight excluding hydrogens is 492 g/mol. The van der Waals surface area contributed by atoms with Crippen LogP contribution in [0.25, 0.3) is 20.8 Å². The first-order valence-electron chi connectivity index (χ1n) is 10.1. The summed E-state index contributed by atoms with van der Waals surface area (Å²) in [7, 11) is 0. The Hall–Kier alpha value is -3.05. The number of benzene rings is 2. The molecule has 0 aliphatic heterocycles. The van der Waals surface area contributed by atoms with E-state index >= 15 is 0 Å². The molecule has 5 nitrogen and oxygen atoms in total. The van der Waals surface area contributed by atoms with Gasteiger partial charge in [-0.25, -0.2) is 14.4 Å². The minimum atomic E-state index is -4.76. The van der Waals surface area contributed by atoms with E-state index in [0.717, 1.165) is 37.8 Å². The quantitative estimate of drug-likeness (QED) is 0.277. The van der Waals surface area contributed by atoms with Crippen molar-refractivity contribution in [2.24, 2.45) is 0 Å². The van der Waals surface area contributed by atoms with Gasteiger partial charge in [-0.3, -0.25) is 4.79 Å². The van der Waals surface area contributed by atoms with Crippen molar-refractivity contribution in [3.63, 3.8) is 0 Å². The van der Waals surface area contributed by atoms with Crippen LogP contribution in [0.5, 0.6) is 5.75 Å². The number of nitrogens with zero attached hydrogens (tertiary/aromatic N) is 2. The number of carboxylic acids is 1. The van der Waals surface area contributed by atoms with Crippen molar-refractivity contribution < 1.29 is 32.2 Å². The Balaban J connectivity index is 1.52. The Bertz CT molecular complexity index is 1380. The van der Waals surface area contributed by atoms with Crippen molar-refractivity contribution >= 4 is 38.9 Å². The van der Waals surface area contributed by atoms with Crippen LogP contribution < -0.4 is 4.74 Å². The Morgan fingerprint density at radius 1 is 1.12 bits per heavy atom. The molecule has 0 saturated heterocycles. The molecule has 0 aliphatic carbocycles. The van der Waals surface area contributed by atoms with Gasteiger partial charge in [0.05, 0.1) is 37.8 Å². The van der Waals surface area contributed by atoms with Crippen molar-refractivity contribution in [3.8, 4) is 16.3 Å². The maximum Gasteiger partial charge on any atom is 0.419 e. The number of carbonyl (C=O) groups is 1. The molecule has 1 N–H and O–H groups in total. The van der Waals surface area contributed by atoms with Crippen LogP contribution in [0.4, 0.5) is 17.6 Å². The first-order valence-corrected chi connectivity index (χ1v) is 11.7. The number of aryl methyl sites for hydroxylation is 3. The topological polar surface area (TPSA) is 72.3 Å². The van der Waals surface area contributed by atoms with E-state index in [1.807, 2.05) is 13.0 Å². The number of aromatic nitrogens is 2. The summed E-state index contributed by atoms with van der Waals surface area (Å²) in [6.45, 7) is 3.84. The fourth-order valence-electron chi connectivity index (χ4n) is 3.34. The lowest BCUT2D eigenvalue weighted by Gasteiger charge is -2.09. The Morgan fingerprint density at radius 2 is 1.88 bits per heavy atom. The molecule has 4 aromatic rings. The van der Waals surface area contributed by atoms with Crippen LogP contribution in [0.2, 0.25) is 0 Å². The lowest BCUT2D eigenvalue weighted by Crippen LogP contribution is -2.07. The van der Waals surface area contributed by atoms with Crippen molar-refractivity contribution in [1.82, 2.24) is 9.97 Å². The highest BCUT2D eigenvalue weighted by molar-refractivity contribution is 7.18. The van der Waals surface area contributed by atoms with Gasteiger partial charge in [0, 0.05) is 17.5 Å². The van der Waals surface area contributed by atoms with Crippen LogP contribution in [0, 0.1) is 19.7 Å². The van der Waals surface area contributed by atoms with Gasteiger partial charge < -0.3 is 9.84 Å². The zero-order valence-corrected chi connectivity index (χ0v) is 19.6. The summed E-state index contributed by atoms with van der Waals surface area (Å²) in [6, 6.07) is 6.37. The molecule has 0 amide bonds. The van der Waals surface area contributed by atoms with E-state index < -0.39 is 23.5 Å². The molecule has 2 heterocycles. The number of halogens is 4. The number of carboxylic acid groups (broad SMARTS) is 1. The third-order valence-electron chi connectivity index (χ3n) is 5.13. The normalized spacial score (nSPS) is 11.8. The highest BCUT2D eigenvalue weighted by Crippen LogP contribution is 2.36. The van der Waals surface area contributed by atoms with E-state index in [0.29, 0.717) is 22.9 Å². The van der Waals surface area contributed by atoms with Gasteiger partial charge in [0.25, 0.3) is 0 Å². The number of thiazole rings is 2. The number of hydrogen-bond donors (Lipinski definition) is 1. The summed E-state index contributed by atoms with van der Waals surface area (Å²) in [5, 5.41) is 10.0. The zero-order chi connectivity index (χ0) is 24.6. The monoisotopic (exact) mass is 510 g/mol. The standard InChI is InChI=1S/C23H18F4N2O3S2/c1-11-17(6-5-16-21(11)34-19(29-16)7-8-20(30)31)32-10-18-12(2)28-22(33-18)13-3-4-14(15(24)9-13)23(25,26)27/h3-6,9H,7-8,10H2,1-2H3,(H,30,31). The summed E-state index contributed by atoms with van der Waals surface area (Å²) in [6.07, 6.45) is -4.38. The van der Waals surface area contributed by atoms with Gasteiger partial charge in [0.1, 0.15) is 23.2 Å². The number of aliphatic carboxylic acids is 1. The first kappa shape index (κ1) is 24.1. The molecule has 0 fully saturated rings. The molecule has 0 radical (unpaired) electrons. The van der Waals surface area contributed by atoms with Crippen LogP contribution in [0.15, 0.2) is 30.3 Å². The fraction of sp³-hybridized carbons (Fsp3) is 0.261. The van der Waals surface area contributed by atoms with Gasteiger partial charge in [-0.1, -0.05) is 6.07 Å². The van der Waals surface area contributed by atoms with E-state index in [2.05, 4.69) is 9.97 Å². The van der Waals surface area contributed by atoms with E-state index in [-0.39, 0.29) is 18.6 Å². The van der Waals surface area contributed by atoms with Crippen molar-refractivity contribution in [2.75, 3.05) is 0 Å². The van der Waals surface area contributed by atoms with Gasteiger partial charge in [0.2, 0.25) is 0 Å². The number of hydrogen-bond acceptors (Lipinski definition) is 6. The third kappa shape index (κ3) is 5.05. The minimum absolute atomic E-state index is 0.0120. The van der Waals surface area contributed by atoms with Gasteiger partial charge in [-0.05, 0) is 38.1 Å². The lowest BCUT2D eigenvalue weighted by molar-refractivity contribution is -0.140. The molecule has 0 bridgehead atoms. The molecule has 0 spiro atoms. The molecule has 0 atom stereocenters.